The Bertz CT molecular complexity index is 671. The molecule has 0 radical (unpaired) electrons. The highest BCUT2D eigenvalue weighted by Gasteiger charge is 2.19. The van der Waals surface area contributed by atoms with E-state index in [0.29, 0.717) is 10.9 Å². The van der Waals surface area contributed by atoms with Gasteiger partial charge in [0.05, 0.1) is 4.90 Å². The monoisotopic (exact) mass is 353 g/mol. The van der Waals surface area contributed by atoms with Gasteiger partial charge in [-0.3, -0.25) is 0 Å². The van der Waals surface area contributed by atoms with Gasteiger partial charge in [0, 0.05) is 10.5 Å². The maximum absolute atomic E-state index is 12.3. The second-order valence-corrected chi connectivity index (χ2v) is 7.18. The molecule has 0 aliphatic heterocycles. The first-order valence-corrected chi connectivity index (χ1v) is 8.57. The average molecular weight is 354 g/mol. The van der Waals surface area contributed by atoms with Crippen molar-refractivity contribution in [2.45, 2.75) is 24.3 Å². The molecule has 106 valence electrons. The molecule has 0 bridgehead atoms. The van der Waals surface area contributed by atoms with Crippen molar-refractivity contribution in [1.29, 1.82) is 0 Å². The van der Waals surface area contributed by atoms with E-state index < -0.39 is 10.0 Å². The van der Waals surface area contributed by atoms with Crippen molar-refractivity contribution in [3.8, 4) is 0 Å². The summed E-state index contributed by atoms with van der Waals surface area (Å²) in [5, 5.41) is 0. The van der Waals surface area contributed by atoms with E-state index in [-0.39, 0.29) is 10.9 Å². The lowest BCUT2D eigenvalue weighted by atomic mass is 10.1. The standard InChI is InChI=1S/C15H16BrNO2S/c1-12(11-13-7-3-2-4-8-13)17-20(18,19)15-10-6-5-9-14(15)16/h2-10,12,17H,11H2,1H3. The van der Waals surface area contributed by atoms with E-state index in [1.807, 2.05) is 37.3 Å². The van der Waals surface area contributed by atoms with E-state index in [1.54, 1.807) is 24.3 Å². The number of nitrogens with one attached hydrogen (secondary N) is 1. The molecule has 0 heterocycles. The van der Waals surface area contributed by atoms with Gasteiger partial charge in [-0.15, -0.1) is 0 Å². The smallest absolute Gasteiger partial charge is 0.208 e. The highest BCUT2D eigenvalue weighted by atomic mass is 79.9. The maximum atomic E-state index is 12.3. The van der Waals surface area contributed by atoms with Crippen LogP contribution in [-0.2, 0) is 16.4 Å². The van der Waals surface area contributed by atoms with E-state index in [4.69, 9.17) is 0 Å². The third kappa shape index (κ3) is 3.91. The molecule has 0 aliphatic rings. The lowest BCUT2D eigenvalue weighted by Crippen LogP contribution is -2.34. The first kappa shape index (κ1) is 15.2. The van der Waals surface area contributed by atoms with Gasteiger partial charge < -0.3 is 0 Å². The molecule has 0 aliphatic carbocycles. The third-order valence-corrected chi connectivity index (χ3v) is 5.47. The van der Waals surface area contributed by atoms with E-state index in [1.165, 1.54) is 0 Å². The molecule has 3 nitrogen and oxygen atoms in total. The molecule has 5 heteroatoms. The van der Waals surface area contributed by atoms with Gasteiger partial charge in [0.25, 0.3) is 0 Å². The SMILES string of the molecule is CC(Cc1ccccc1)NS(=O)(=O)c1ccccc1Br. The largest absolute Gasteiger partial charge is 0.241 e. The fraction of sp³-hybridized carbons (Fsp3) is 0.200. The molecule has 2 aromatic carbocycles. The Balaban J connectivity index is 2.11. The van der Waals surface area contributed by atoms with Crippen molar-refractivity contribution in [1.82, 2.24) is 4.72 Å². The topological polar surface area (TPSA) is 46.2 Å². The van der Waals surface area contributed by atoms with Crippen LogP contribution >= 0.6 is 15.9 Å². The van der Waals surface area contributed by atoms with Crippen LogP contribution in [0.25, 0.3) is 0 Å². The quantitative estimate of drug-likeness (QED) is 0.895. The zero-order valence-electron chi connectivity index (χ0n) is 11.1. The molecular formula is C15H16BrNO2S. The molecule has 1 N–H and O–H groups in total. The summed E-state index contributed by atoms with van der Waals surface area (Å²) < 4.78 is 27.9. The third-order valence-electron chi connectivity index (χ3n) is 2.87. The molecule has 0 fully saturated rings. The van der Waals surface area contributed by atoms with E-state index in [9.17, 15) is 8.42 Å². The number of hydrogen-bond donors (Lipinski definition) is 1. The summed E-state index contributed by atoms with van der Waals surface area (Å²) in [6, 6.07) is 16.4. The van der Waals surface area contributed by atoms with Crippen LogP contribution in [0.2, 0.25) is 0 Å². The van der Waals surface area contributed by atoms with Crippen LogP contribution in [0, 0.1) is 0 Å². The lowest BCUT2D eigenvalue weighted by Gasteiger charge is -2.15. The lowest BCUT2D eigenvalue weighted by molar-refractivity contribution is 0.559. The molecule has 1 atom stereocenters. The zero-order chi connectivity index (χ0) is 14.6. The van der Waals surface area contributed by atoms with Gasteiger partial charge >= 0.3 is 0 Å². The van der Waals surface area contributed by atoms with Crippen molar-refractivity contribution >= 4 is 26.0 Å². The molecule has 20 heavy (non-hydrogen) atoms. The van der Waals surface area contributed by atoms with E-state index in [2.05, 4.69) is 20.7 Å². The second-order valence-electron chi connectivity index (χ2n) is 4.64. The normalized spacial score (nSPS) is 13.1. The summed E-state index contributed by atoms with van der Waals surface area (Å²) >= 11 is 3.27. The van der Waals surface area contributed by atoms with Crippen molar-refractivity contribution in [2.75, 3.05) is 0 Å². The van der Waals surface area contributed by atoms with Crippen LogP contribution < -0.4 is 4.72 Å². The van der Waals surface area contributed by atoms with Crippen LogP contribution in [0.1, 0.15) is 12.5 Å². The Morgan fingerprint density at radius 2 is 1.65 bits per heavy atom. The minimum absolute atomic E-state index is 0.172. The van der Waals surface area contributed by atoms with Crippen molar-refractivity contribution in [3.05, 3.63) is 64.6 Å². The van der Waals surface area contributed by atoms with Crippen LogP contribution in [-0.4, -0.2) is 14.5 Å². The fourth-order valence-electron chi connectivity index (χ4n) is 2.00. The Hall–Kier alpha value is -1.17. The molecule has 0 saturated heterocycles. The van der Waals surface area contributed by atoms with Gasteiger partial charge in [-0.05, 0) is 47.0 Å². The van der Waals surface area contributed by atoms with Crippen LogP contribution in [0.3, 0.4) is 0 Å². The summed E-state index contributed by atoms with van der Waals surface area (Å²) in [4.78, 5) is 0.264. The predicted octanol–water partition coefficient (Wildman–Crippen LogP) is 3.36. The van der Waals surface area contributed by atoms with Gasteiger partial charge in [-0.1, -0.05) is 42.5 Å². The number of rotatable bonds is 5. The minimum Gasteiger partial charge on any atom is -0.208 e. The van der Waals surface area contributed by atoms with Crippen LogP contribution in [0.15, 0.2) is 64.0 Å². The van der Waals surface area contributed by atoms with Gasteiger partial charge in [0.1, 0.15) is 0 Å². The fourth-order valence-corrected chi connectivity index (χ4v) is 4.25. The molecule has 0 amide bonds. The Morgan fingerprint density at radius 3 is 2.30 bits per heavy atom. The van der Waals surface area contributed by atoms with E-state index in [0.717, 1.165) is 5.56 Å². The summed E-state index contributed by atoms with van der Waals surface area (Å²) in [7, 11) is -3.51. The highest BCUT2D eigenvalue weighted by molar-refractivity contribution is 9.10. The van der Waals surface area contributed by atoms with Crippen LogP contribution in [0.4, 0.5) is 0 Å². The molecule has 0 saturated carbocycles. The van der Waals surface area contributed by atoms with Crippen molar-refractivity contribution < 1.29 is 8.42 Å². The Morgan fingerprint density at radius 1 is 1.05 bits per heavy atom. The predicted molar refractivity (Wildman–Crippen MR) is 84.1 cm³/mol. The van der Waals surface area contributed by atoms with Crippen LogP contribution in [0.5, 0.6) is 0 Å². The Labute approximate surface area is 128 Å². The first-order valence-electron chi connectivity index (χ1n) is 6.30. The maximum Gasteiger partial charge on any atom is 0.241 e. The summed E-state index contributed by atoms with van der Waals surface area (Å²) in [5.74, 6) is 0. The number of hydrogen-bond acceptors (Lipinski definition) is 2. The molecule has 2 rings (SSSR count). The zero-order valence-corrected chi connectivity index (χ0v) is 13.5. The molecule has 0 spiro atoms. The van der Waals surface area contributed by atoms with E-state index >= 15 is 0 Å². The number of halogens is 1. The molecule has 0 aromatic heterocycles. The number of sulfonamides is 1. The average Bonchev–Trinajstić information content (AvgIpc) is 2.39. The second kappa shape index (κ2) is 6.52. The van der Waals surface area contributed by atoms with Crippen molar-refractivity contribution in [2.24, 2.45) is 0 Å². The van der Waals surface area contributed by atoms with Gasteiger partial charge in [0.2, 0.25) is 10.0 Å². The highest BCUT2D eigenvalue weighted by Crippen LogP contribution is 2.21. The van der Waals surface area contributed by atoms with Gasteiger partial charge in [-0.25, -0.2) is 13.1 Å². The van der Waals surface area contributed by atoms with Gasteiger partial charge in [0.15, 0.2) is 0 Å². The first-order chi connectivity index (χ1) is 9.49. The molecule has 1 unspecified atom stereocenters. The van der Waals surface area contributed by atoms with Gasteiger partial charge in [-0.2, -0.15) is 0 Å². The summed E-state index contributed by atoms with van der Waals surface area (Å²) in [6.45, 7) is 1.86. The molecule has 2 aromatic rings. The van der Waals surface area contributed by atoms with Crippen molar-refractivity contribution in [3.63, 3.8) is 0 Å². The molecular weight excluding hydrogens is 338 g/mol. The summed E-state index contributed by atoms with van der Waals surface area (Å²) in [5.41, 5.74) is 1.11. The summed E-state index contributed by atoms with van der Waals surface area (Å²) in [6.07, 6.45) is 0.657. The Kier molecular flexibility index (Phi) is 4.96. The number of benzene rings is 2. The minimum atomic E-state index is -3.51.